The van der Waals surface area contributed by atoms with Gasteiger partial charge in [0.2, 0.25) is 11.9 Å². The normalized spacial score (nSPS) is 18.7. The van der Waals surface area contributed by atoms with E-state index in [1.807, 2.05) is 19.0 Å². The van der Waals surface area contributed by atoms with E-state index >= 15 is 0 Å². The van der Waals surface area contributed by atoms with Gasteiger partial charge in [-0.3, -0.25) is 11.1 Å². The van der Waals surface area contributed by atoms with Crippen LogP contribution in [0.3, 0.4) is 0 Å². The molecule has 0 radical (unpaired) electrons. The van der Waals surface area contributed by atoms with Crippen molar-refractivity contribution in [3.63, 3.8) is 0 Å². The summed E-state index contributed by atoms with van der Waals surface area (Å²) >= 11 is 1.71. The topological polar surface area (TPSA) is 78.0 Å². The van der Waals surface area contributed by atoms with E-state index < -0.39 is 6.29 Å². The summed E-state index contributed by atoms with van der Waals surface area (Å²) in [6.45, 7) is 0.815. The van der Waals surface area contributed by atoms with E-state index in [1.165, 1.54) is 5.56 Å². The summed E-state index contributed by atoms with van der Waals surface area (Å²) < 4.78 is 0. The van der Waals surface area contributed by atoms with Crippen LogP contribution in [0.25, 0.3) is 0 Å². The fraction of sp³-hybridized carbons (Fsp3) is 0.455. The monoisotopic (exact) mass is 266 g/mol. The number of guanidine groups is 2. The zero-order valence-electron chi connectivity index (χ0n) is 10.6. The molecule has 4 N–H and O–H groups in total. The van der Waals surface area contributed by atoms with Crippen molar-refractivity contribution >= 4 is 23.3 Å². The molecule has 1 aromatic heterocycles. The van der Waals surface area contributed by atoms with Crippen molar-refractivity contribution in [2.24, 2.45) is 15.7 Å². The molecular weight excluding hydrogens is 248 g/mol. The Balaban J connectivity index is 1.83. The number of hydrogen-bond donors (Lipinski definition) is 3. The molecule has 18 heavy (non-hydrogen) atoms. The average molecular weight is 266 g/mol. The molecule has 0 saturated heterocycles. The van der Waals surface area contributed by atoms with Crippen LogP contribution in [-0.2, 0) is 6.42 Å². The lowest BCUT2D eigenvalue weighted by Crippen LogP contribution is -2.51. The lowest BCUT2D eigenvalue weighted by molar-refractivity contribution is 0.573. The van der Waals surface area contributed by atoms with Crippen LogP contribution in [0.5, 0.6) is 0 Å². The minimum Gasteiger partial charge on any atom is -0.356 e. The molecule has 7 heteroatoms. The highest BCUT2D eigenvalue weighted by Gasteiger charge is 2.14. The Bertz CT molecular complexity index is 436. The second-order valence-corrected chi connectivity index (χ2v) is 4.95. The van der Waals surface area contributed by atoms with Crippen LogP contribution in [-0.4, -0.2) is 43.7 Å². The molecule has 0 fully saturated rings. The van der Waals surface area contributed by atoms with Gasteiger partial charge in [0.15, 0.2) is 6.29 Å². The summed E-state index contributed by atoms with van der Waals surface area (Å²) in [6.07, 6.45) is 0.431. The maximum absolute atomic E-state index is 5.74. The molecule has 2 heterocycles. The number of nitrogens with one attached hydrogen (secondary N) is 2. The van der Waals surface area contributed by atoms with E-state index in [1.54, 1.807) is 11.3 Å². The molecule has 1 atom stereocenters. The first-order chi connectivity index (χ1) is 8.65. The van der Waals surface area contributed by atoms with Crippen LogP contribution in [0.1, 0.15) is 5.56 Å². The van der Waals surface area contributed by atoms with Crippen LogP contribution >= 0.6 is 11.3 Å². The van der Waals surface area contributed by atoms with Gasteiger partial charge in [-0.1, -0.05) is 0 Å². The molecule has 0 aromatic carbocycles. The van der Waals surface area contributed by atoms with Crippen molar-refractivity contribution in [1.82, 2.24) is 15.5 Å². The van der Waals surface area contributed by atoms with E-state index in [4.69, 9.17) is 5.73 Å². The Kier molecular flexibility index (Phi) is 4.16. The number of hydrogen-bond acceptors (Lipinski definition) is 7. The Morgan fingerprint density at radius 3 is 3.00 bits per heavy atom. The molecule has 0 amide bonds. The summed E-state index contributed by atoms with van der Waals surface area (Å²) in [5.41, 5.74) is 7.07. The summed E-state index contributed by atoms with van der Waals surface area (Å²) in [6, 6.07) is 2.13. The minimum absolute atomic E-state index is 0.535. The Hall–Kier alpha value is -1.60. The number of nitrogens with zero attached hydrogens (tertiary/aromatic N) is 3. The van der Waals surface area contributed by atoms with Crippen molar-refractivity contribution in [2.45, 2.75) is 12.7 Å². The summed E-state index contributed by atoms with van der Waals surface area (Å²) in [5, 5.41) is 10.6. The highest BCUT2D eigenvalue weighted by Crippen LogP contribution is 2.05. The third-order valence-electron chi connectivity index (χ3n) is 2.46. The molecule has 6 nitrogen and oxygen atoms in total. The van der Waals surface area contributed by atoms with Crippen molar-refractivity contribution in [1.29, 1.82) is 0 Å². The van der Waals surface area contributed by atoms with Gasteiger partial charge in [0.25, 0.3) is 0 Å². The van der Waals surface area contributed by atoms with Gasteiger partial charge in [-0.2, -0.15) is 11.3 Å². The molecule has 0 aliphatic carbocycles. The van der Waals surface area contributed by atoms with Crippen molar-refractivity contribution in [2.75, 3.05) is 20.6 Å². The first kappa shape index (κ1) is 12.8. The predicted molar refractivity (Wildman–Crippen MR) is 75.7 cm³/mol. The molecule has 0 saturated carbocycles. The van der Waals surface area contributed by atoms with E-state index in [9.17, 15) is 0 Å². The number of aliphatic imine (C=N–C) groups is 2. The average Bonchev–Trinajstić information content (AvgIpc) is 2.81. The smallest absolute Gasteiger partial charge is 0.203 e. The highest BCUT2D eigenvalue weighted by atomic mass is 32.1. The first-order valence-corrected chi connectivity index (χ1v) is 6.70. The van der Waals surface area contributed by atoms with Gasteiger partial charge < -0.3 is 10.2 Å². The number of rotatable bonds is 3. The van der Waals surface area contributed by atoms with Crippen LogP contribution in [0.4, 0.5) is 0 Å². The van der Waals surface area contributed by atoms with Gasteiger partial charge in [0.05, 0.1) is 0 Å². The molecule has 0 spiro atoms. The van der Waals surface area contributed by atoms with Crippen LogP contribution in [0, 0.1) is 0 Å². The first-order valence-electron chi connectivity index (χ1n) is 5.75. The Labute approximate surface area is 111 Å². The standard InChI is InChI=1S/C11H18N6S/c1-17(2)11-15-9(12)14-10(16-11)13-5-3-8-4-6-18-7-8/h4,6-7,9H,3,5,12H2,1-2H3,(H2,13,14,15,16). The lowest BCUT2D eigenvalue weighted by Gasteiger charge is -2.24. The fourth-order valence-electron chi connectivity index (χ4n) is 1.53. The summed E-state index contributed by atoms with van der Waals surface area (Å²) in [7, 11) is 3.82. The van der Waals surface area contributed by atoms with Gasteiger partial charge in [0, 0.05) is 20.6 Å². The highest BCUT2D eigenvalue weighted by molar-refractivity contribution is 7.07. The summed E-state index contributed by atoms with van der Waals surface area (Å²) in [4.78, 5) is 10.2. The van der Waals surface area contributed by atoms with E-state index in [0.29, 0.717) is 5.96 Å². The third kappa shape index (κ3) is 3.44. The third-order valence-corrected chi connectivity index (χ3v) is 3.19. The van der Waals surface area contributed by atoms with Gasteiger partial charge in [-0.05, 0) is 28.8 Å². The van der Waals surface area contributed by atoms with Crippen molar-refractivity contribution in [3.8, 4) is 0 Å². The molecule has 1 aromatic rings. The SMILES string of the molecule is CN(C)C1=NC(N)N=C(NCCc2ccsc2)N1. The fourth-order valence-corrected chi connectivity index (χ4v) is 2.24. The van der Waals surface area contributed by atoms with Crippen LogP contribution < -0.4 is 16.4 Å². The zero-order valence-corrected chi connectivity index (χ0v) is 11.4. The Morgan fingerprint density at radius 1 is 1.50 bits per heavy atom. The predicted octanol–water partition coefficient (Wildman–Crippen LogP) is -0.000700. The molecule has 2 rings (SSSR count). The maximum atomic E-state index is 5.74. The van der Waals surface area contributed by atoms with E-state index in [2.05, 4.69) is 37.4 Å². The molecule has 1 aliphatic rings. The Morgan fingerprint density at radius 2 is 2.33 bits per heavy atom. The lowest BCUT2D eigenvalue weighted by atomic mass is 10.2. The van der Waals surface area contributed by atoms with E-state index in [0.717, 1.165) is 18.9 Å². The molecule has 1 aliphatic heterocycles. The summed E-state index contributed by atoms with van der Waals surface area (Å²) in [5.74, 6) is 1.40. The van der Waals surface area contributed by atoms with Gasteiger partial charge in [-0.25, -0.2) is 9.98 Å². The molecule has 0 bridgehead atoms. The number of nitrogens with two attached hydrogens (primary N) is 1. The second kappa shape index (κ2) is 5.83. The van der Waals surface area contributed by atoms with Gasteiger partial charge in [-0.15, -0.1) is 0 Å². The van der Waals surface area contributed by atoms with Crippen LogP contribution in [0.15, 0.2) is 26.8 Å². The van der Waals surface area contributed by atoms with Gasteiger partial charge in [0.1, 0.15) is 0 Å². The molecule has 98 valence electrons. The largest absolute Gasteiger partial charge is 0.356 e. The zero-order chi connectivity index (χ0) is 13.0. The van der Waals surface area contributed by atoms with Gasteiger partial charge >= 0.3 is 0 Å². The van der Waals surface area contributed by atoms with Crippen LogP contribution in [0.2, 0.25) is 0 Å². The van der Waals surface area contributed by atoms with E-state index in [-0.39, 0.29) is 0 Å². The maximum Gasteiger partial charge on any atom is 0.203 e. The van der Waals surface area contributed by atoms with Crippen molar-refractivity contribution in [3.05, 3.63) is 22.4 Å². The minimum atomic E-state index is -0.535. The molecular formula is C11H18N6S. The second-order valence-electron chi connectivity index (χ2n) is 4.17. The quantitative estimate of drug-likeness (QED) is 0.719. The molecule has 1 unspecified atom stereocenters. The number of thiophene rings is 1. The van der Waals surface area contributed by atoms with Crippen molar-refractivity contribution < 1.29 is 0 Å².